The van der Waals surface area contributed by atoms with E-state index in [9.17, 15) is 4.79 Å². The second-order valence-electron chi connectivity index (χ2n) is 7.11. The van der Waals surface area contributed by atoms with Crippen LogP contribution in [0.25, 0.3) is 11.3 Å². The lowest BCUT2D eigenvalue weighted by Gasteiger charge is -2.13. The van der Waals surface area contributed by atoms with Gasteiger partial charge in [-0.3, -0.25) is 0 Å². The summed E-state index contributed by atoms with van der Waals surface area (Å²) in [5.41, 5.74) is 3.16. The van der Waals surface area contributed by atoms with E-state index >= 15 is 0 Å². The Morgan fingerprint density at radius 3 is 2.43 bits per heavy atom. The van der Waals surface area contributed by atoms with Gasteiger partial charge in [0.1, 0.15) is 5.82 Å². The number of esters is 1. The number of nitrogens with one attached hydrogen (secondary N) is 2. The van der Waals surface area contributed by atoms with Gasteiger partial charge in [-0.25, -0.2) is 9.78 Å². The molecule has 7 nitrogen and oxygen atoms in total. The van der Waals surface area contributed by atoms with E-state index in [1.165, 1.54) is 7.11 Å². The first-order chi connectivity index (χ1) is 14.5. The molecule has 0 saturated carbocycles. The van der Waals surface area contributed by atoms with Crippen molar-refractivity contribution < 1.29 is 9.53 Å². The Hall–Kier alpha value is -3.45. The third-order valence-corrected chi connectivity index (χ3v) is 4.44. The normalized spacial score (nSPS) is 10.7. The van der Waals surface area contributed by atoms with Crippen LogP contribution in [0.1, 0.15) is 16.8 Å². The summed E-state index contributed by atoms with van der Waals surface area (Å²) in [4.78, 5) is 23.0. The Morgan fingerprint density at radius 2 is 1.77 bits per heavy atom. The van der Waals surface area contributed by atoms with Gasteiger partial charge in [0.2, 0.25) is 5.95 Å². The van der Waals surface area contributed by atoms with Crippen molar-refractivity contribution in [3.8, 4) is 11.3 Å². The van der Waals surface area contributed by atoms with E-state index in [0.29, 0.717) is 17.3 Å². The van der Waals surface area contributed by atoms with E-state index in [-0.39, 0.29) is 5.97 Å². The van der Waals surface area contributed by atoms with Crippen LogP contribution in [0, 0.1) is 0 Å². The van der Waals surface area contributed by atoms with Crippen LogP contribution in [-0.4, -0.2) is 55.1 Å². The number of carbonyl (C=O) groups excluding carboxylic acids is 1. The van der Waals surface area contributed by atoms with Crippen LogP contribution in [0.5, 0.6) is 0 Å². The van der Waals surface area contributed by atoms with Crippen molar-refractivity contribution in [3.05, 3.63) is 66.2 Å². The van der Waals surface area contributed by atoms with Crippen molar-refractivity contribution in [1.29, 1.82) is 0 Å². The van der Waals surface area contributed by atoms with Crippen molar-refractivity contribution in [2.24, 2.45) is 0 Å². The Balaban J connectivity index is 1.81. The topological polar surface area (TPSA) is 79.4 Å². The van der Waals surface area contributed by atoms with Gasteiger partial charge >= 0.3 is 5.97 Å². The fraction of sp³-hybridized carbons (Fsp3) is 0.261. The van der Waals surface area contributed by atoms with Crippen LogP contribution in [0.3, 0.4) is 0 Å². The first-order valence-corrected chi connectivity index (χ1v) is 9.83. The van der Waals surface area contributed by atoms with Gasteiger partial charge in [0.15, 0.2) is 0 Å². The summed E-state index contributed by atoms with van der Waals surface area (Å²) in [6, 6.07) is 19.0. The molecule has 0 spiro atoms. The molecular formula is C23H27N5O2. The van der Waals surface area contributed by atoms with Crippen LogP contribution < -0.4 is 10.6 Å². The van der Waals surface area contributed by atoms with Crippen molar-refractivity contribution in [1.82, 2.24) is 14.9 Å². The fourth-order valence-electron chi connectivity index (χ4n) is 2.90. The zero-order valence-electron chi connectivity index (χ0n) is 17.6. The first-order valence-electron chi connectivity index (χ1n) is 9.83. The number of aromatic nitrogens is 2. The molecule has 2 N–H and O–H groups in total. The highest BCUT2D eigenvalue weighted by Gasteiger charge is 2.09. The molecule has 0 amide bonds. The summed E-state index contributed by atoms with van der Waals surface area (Å²) in [7, 11) is 5.48. The van der Waals surface area contributed by atoms with Gasteiger partial charge in [0.05, 0.1) is 18.4 Å². The number of carbonyl (C=O) groups is 1. The Morgan fingerprint density at radius 1 is 1.03 bits per heavy atom. The predicted octanol–water partition coefficient (Wildman–Crippen LogP) is 4.04. The van der Waals surface area contributed by atoms with Gasteiger partial charge in [0.25, 0.3) is 0 Å². The van der Waals surface area contributed by atoms with Gasteiger partial charge in [0, 0.05) is 23.9 Å². The molecule has 1 heterocycles. The van der Waals surface area contributed by atoms with Crippen molar-refractivity contribution >= 4 is 23.4 Å². The average molecular weight is 406 g/mol. The van der Waals surface area contributed by atoms with E-state index in [4.69, 9.17) is 4.74 Å². The summed E-state index contributed by atoms with van der Waals surface area (Å²) in [6.45, 7) is 1.77. The monoisotopic (exact) mass is 405 g/mol. The summed E-state index contributed by atoms with van der Waals surface area (Å²) in [6.07, 6.45) is 0.990. The van der Waals surface area contributed by atoms with Crippen molar-refractivity contribution in [3.63, 3.8) is 0 Å². The predicted molar refractivity (Wildman–Crippen MR) is 120 cm³/mol. The number of ether oxygens (including phenoxy) is 1. The lowest BCUT2D eigenvalue weighted by atomic mass is 10.1. The molecule has 156 valence electrons. The summed E-state index contributed by atoms with van der Waals surface area (Å²) >= 11 is 0. The number of hydrogen-bond donors (Lipinski definition) is 2. The van der Waals surface area contributed by atoms with Crippen molar-refractivity contribution in [2.45, 2.75) is 6.42 Å². The lowest BCUT2D eigenvalue weighted by Crippen LogP contribution is -2.17. The molecule has 0 aliphatic carbocycles. The number of nitrogens with zero attached hydrogens (tertiary/aromatic N) is 3. The first kappa shape index (κ1) is 21.3. The number of hydrogen-bond acceptors (Lipinski definition) is 7. The number of methoxy groups -OCH3 is 1. The molecule has 0 fully saturated rings. The minimum atomic E-state index is -0.362. The van der Waals surface area contributed by atoms with Crippen LogP contribution in [0.2, 0.25) is 0 Å². The highest BCUT2D eigenvalue weighted by molar-refractivity contribution is 5.89. The number of rotatable bonds is 9. The molecule has 1 aromatic heterocycles. The number of benzene rings is 2. The van der Waals surface area contributed by atoms with Crippen LogP contribution in [-0.2, 0) is 4.74 Å². The molecule has 7 heteroatoms. The minimum Gasteiger partial charge on any atom is -0.465 e. The highest BCUT2D eigenvalue weighted by Crippen LogP contribution is 2.24. The Bertz CT molecular complexity index is 959. The molecule has 0 atom stereocenters. The molecule has 0 saturated heterocycles. The molecule has 0 bridgehead atoms. The minimum absolute atomic E-state index is 0.362. The molecule has 0 unspecified atom stereocenters. The van der Waals surface area contributed by atoms with Crippen LogP contribution in [0.15, 0.2) is 60.7 Å². The molecule has 0 radical (unpaired) electrons. The summed E-state index contributed by atoms with van der Waals surface area (Å²) in [5.74, 6) is 0.882. The van der Waals surface area contributed by atoms with Gasteiger partial charge < -0.3 is 20.3 Å². The molecule has 3 rings (SSSR count). The SMILES string of the molecule is COC(=O)c1ccc(Nc2cc(-c3ccccc3)nc(NCCCN(C)C)n2)cc1. The molecule has 0 aliphatic rings. The second-order valence-corrected chi connectivity index (χ2v) is 7.11. The maximum absolute atomic E-state index is 11.6. The Kier molecular flexibility index (Phi) is 7.34. The van der Waals surface area contributed by atoms with Crippen LogP contribution >= 0.6 is 0 Å². The van der Waals surface area contributed by atoms with Crippen molar-refractivity contribution in [2.75, 3.05) is 44.9 Å². The maximum atomic E-state index is 11.6. The zero-order valence-corrected chi connectivity index (χ0v) is 17.6. The highest BCUT2D eigenvalue weighted by atomic mass is 16.5. The second kappa shape index (κ2) is 10.4. The molecule has 30 heavy (non-hydrogen) atoms. The third-order valence-electron chi connectivity index (χ3n) is 4.44. The van der Waals surface area contributed by atoms with Gasteiger partial charge in [-0.15, -0.1) is 0 Å². The van der Waals surface area contributed by atoms with Gasteiger partial charge in [-0.05, 0) is 51.3 Å². The Labute approximate surface area is 177 Å². The van der Waals surface area contributed by atoms with E-state index < -0.39 is 0 Å². The van der Waals surface area contributed by atoms with Gasteiger partial charge in [-0.1, -0.05) is 30.3 Å². The quantitative estimate of drug-likeness (QED) is 0.411. The largest absolute Gasteiger partial charge is 0.465 e. The van der Waals surface area contributed by atoms with Gasteiger partial charge in [-0.2, -0.15) is 4.98 Å². The standard InChI is InChI=1S/C23H27N5O2/c1-28(2)15-7-14-24-23-26-20(17-8-5-4-6-9-17)16-21(27-23)25-19-12-10-18(11-13-19)22(29)30-3/h4-6,8-13,16H,7,14-15H2,1-3H3,(H2,24,25,26,27). The smallest absolute Gasteiger partial charge is 0.337 e. The average Bonchev–Trinajstić information content (AvgIpc) is 2.77. The van der Waals surface area contributed by atoms with Crippen LogP contribution in [0.4, 0.5) is 17.5 Å². The van der Waals surface area contributed by atoms with E-state index in [2.05, 4.69) is 39.6 Å². The number of anilines is 3. The maximum Gasteiger partial charge on any atom is 0.337 e. The molecule has 0 aliphatic heterocycles. The summed E-state index contributed by atoms with van der Waals surface area (Å²) < 4.78 is 4.75. The zero-order chi connectivity index (χ0) is 21.3. The summed E-state index contributed by atoms with van der Waals surface area (Å²) in [5, 5.41) is 6.61. The van der Waals surface area contributed by atoms with E-state index in [0.717, 1.165) is 36.5 Å². The van der Waals surface area contributed by atoms with E-state index in [1.807, 2.05) is 48.5 Å². The third kappa shape index (κ3) is 6.02. The van der Waals surface area contributed by atoms with E-state index in [1.54, 1.807) is 12.1 Å². The molecular weight excluding hydrogens is 378 g/mol. The molecule has 3 aromatic rings. The lowest BCUT2D eigenvalue weighted by molar-refractivity contribution is 0.0601. The molecule has 2 aromatic carbocycles. The fourth-order valence-corrected chi connectivity index (χ4v) is 2.90.